The van der Waals surface area contributed by atoms with Gasteiger partial charge in [0.05, 0.1) is 5.56 Å². The van der Waals surface area contributed by atoms with Gasteiger partial charge in [-0.1, -0.05) is 24.3 Å². The van der Waals surface area contributed by atoms with Gasteiger partial charge in [0, 0.05) is 6.54 Å². The van der Waals surface area contributed by atoms with Crippen LogP contribution in [0.15, 0.2) is 36.4 Å². The normalized spacial score (nSPS) is 18.8. The van der Waals surface area contributed by atoms with Crippen molar-refractivity contribution in [3.8, 4) is 0 Å². The Kier molecular flexibility index (Phi) is 4.53. The van der Waals surface area contributed by atoms with Crippen LogP contribution in [-0.2, 0) is 6.54 Å². The van der Waals surface area contributed by atoms with Gasteiger partial charge in [0.2, 0.25) is 0 Å². The van der Waals surface area contributed by atoms with Crippen molar-refractivity contribution in [3.05, 3.63) is 47.5 Å². The molecule has 3 heteroatoms. The van der Waals surface area contributed by atoms with E-state index in [2.05, 4.69) is 17.5 Å². The van der Waals surface area contributed by atoms with E-state index in [1.54, 1.807) is 18.2 Å². The van der Waals surface area contributed by atoms with Crippen LogP contribution in [0.4, 0.5) is 0 Å². The van der Waals surface area contributed by atoms with Crippen LogP contribution in [0.2, 0.25) is 0 Å². The first-order valence-electron chi connectivity index (χ1n) is 6.43. The van der Waals surface area contributed by atoms with Gasteiger partial charge >= 0.3 is 5.97 Å². The van der Waals surface area contributed by atoms with E-state index in [0.29, 0.717) is 5.56 Å². The molecule has 0 radical (unpaired) electrons. The van der Waals surface area contributed by atoms with Gasteiger partial charge in [0.1, 0.15) is 0 Å². The number of aromatic carboxylic acids is 1. The first kappa shape index (κ1) is 12.8. The van der Waals surface area contributed by atoms with Crippen LogP contribution < -0.4 is 5.32 Å². The number of carboxylic acid groups (broad SMARTS) is 1. The van der Waals surface area contributed by atoms with Crippen LogP contribution in [0.3, 0.4) is 0 Å². The van der Waals surface area contributed by atoms with Gasteiger partial charge in [-0.15, -0.1) is 0 Å². The summed E-state index contributed by atoms with van der Waals surface area (Å²) in [5.41, 5.74) is 1.39. The Morgan fingerprint density at radius 3 is 3.00 bits per heavy atom. The number of nitrogens with one attached hydrogen (secondary N) is 1. The molecule has 1 atom stereocenters. The zero-order valence-electron chi connectivity index (χ0n) is 10.4. The lowest BCUT2D eigenvalue weighted by atomic mass is 9.94. The lowest BCUT2D eigenvalue weighted by molar-refractivity contribution is 0.0696. The molecule has 1 unspecified atom stereocenters. The zero-order valence-corrected chi connectivity index (χ0v) is 10.4. The van der Waals surface area contributed by atoms with Gasteiger partial charge in [-0.05, 0) is 49.4 Å². The van der Waals surface area contributed by atoms with Crippen molar-refractivity contribution >= 4 is 5.97 Å². The quantitative estimate of drug-likeness (QED) is 0.784. The van der Waals surface area contributed by atoms with E-state index >= 15 is 0 Å². The summed E-state index contributed by atoms with van der Waals surface area (Å²) in [6.45, 7) is 1.74. The number of allylic oxidation sites excluding steroid dienone is 2. The first-order chi connectivity index (χ1) is 8.75. The fraction of sp³-hybridized carbons (Fsp3) is 0.400. The molecule has 1 aromatic rings. The minimum Gasteiger partial charge on any atom is -0.478 e. The maximum absolute atomic E-state index is 10.8. The van der Waals surface area contributed by atoms with E-state index in [9.17, 15) is 4.79 Å². The molecule has 1 aliphatic rings. The van der Waals surface area contributed by atoms with Crippen LogP contribution in [0, 0.1) is 5.92 Å². The van der Waals surface area contributed by atoms with E-state index in [1.165, 1.54) is 12.8 Å². The number of hydrogen-bond donors (Lipinski definition) is 2. The topological polar surface area (TPSA) is 49.3 Å². The van der Waals surface area contributed by atoms with E-state index in [0.717, 1.165) is 31.0 Å². The van der Waals surface area contributed by atoms with Crippen molar-refractivity contribution in [2.24, 2.45) is 5.92 Å². The van der Waals surface area contributed by atoms with Crippen molar-refractivity contribution in [3.63, 3.8) is 0 Å². The third-order valence-electron chi connectivity index (χ3n) is 3.31. The van der Waals surface area contributed by atoms with E-state index in [-0.39, 0.29) is 0 Å². The average Bonchev–Trinajstić information content (AvgIpc) is 2.40. The summed E-state index contributed by atoms with van der Waals surface area (Å²) in [7, 11) is 0. The van der Waals surface area contributed by atoms with E-state index < -0.39 is 5.97 Å². The summed E-state index contributed by atoms with van der Waals surface area (Å²) in [6.07, 6.45) is 8.08. The second-order valence-corrected chi connectivity index (χ2v) is 4.79. The number of benzene rings is 1. The minimum absolute atomic E-state index is 0.356. The summed E-state index contributed by atoms with van der Waals surface area (Å²) in [5.74, 6) is -0.146. The molecule has 1 aromatic carbocycles. The summed E-state index contributed by atoms with van der Waals surface area (Å²) < 4.78 is 0. The molecule has 0 saturated heterocycles. The standard InChI is InChI=1S/C15H19NO2/c17-15(18)14-8-4-7-13(9-14)11-16-10-12-5-2-1-3-6-12/h1-2,4,7-9,12,16H,3,5-6,10-11H2,(H,17,18). The Balaban J connectivity index is 1.81. The highest BCUT2D eigenvalue weighted by Gasteiger charge is 2.09. The second kappa shape index (κ2) is 6.36. The molecule has 2 rings (SSSR count). The lowest BCUT2D eigenvalue weighted by Crippen LogP contribution is -2.23. The van der Waals surface area contributed by atoms with E-state index in [4.69, 9.17) is 5.11 Å². The summed E-state index contributed by atoms with van der Waals surface area (Å²) >= 11 is 0. The molecule has 0 aromatic heterocycles. The summed E-state index contributed by atoms with van der Waals surface area (Å²) in [6, 6.07) is 7.11. The highest BCUT2D eigenvalue weighted by atomic mass is 16.4. The van der Waals surface area contributed by atoms with Gasteiger partial charge < -0.3 is 10.4 Å². The van der Waals surface area contributed by atoms with Crippen LogP contribution in [0.1, 0.15) is 35.2 Å². The first-order valence-corrected chi connectivity index (χ1v) is 6.43. The third kappa shape index (κ3) is 3.70. The van der Waals surface area contributed by atoms with Crippen LogP contribution in [0.25, 0.3) is 0 Å². The van der Waals surface area contributed by atoms with Gasteiger partial charge in [-0.2, -0.15) is 0 Å². The predicted octanol–water partition coefficient (Wildman–Crippen LogP) is 2.83. The predicted molar refractivity (Wildman–Crippen MR) is 71.6 cm³/mol. The molecule has 0 bridgehead atoms. The van der Waals surface area contributed by atoms with Gasteiger partial charge in [-0.3, -0.25) is 0 Å². The lowest BCUT2D eigenvalue weighted by Gasteiger charge is -2.18. The Bertz CT molecular complexity index is 440. The highest BCUT2D eigenvalue weighted by Crippen LogP contribution is 2.17. The molecule has 3 nitrogen and oxygen atoms in total. The molecule has 2 N–H and O–H groups in total. The zero-order chi connectivity index (χ0) is 12.8. The Labute approximate surface area is 108 Å². The largest absolute Gasteiger partial charge is 0.478 e. The molecule has 0 aliphatic heterocycles. The third-order valence-corrected chi connectivity index (χ3v) is 3.31. The summed E-state index contributed by atoms with van der Waals surface area (Å²) in [5, 5.41) is 12.3. The molecule has 0 fully saturated rings. The van der Waals surface area contributed by atoms with Gasteiger partial charge in [0.25, 0.3) is 0 Å². The monoisotopic (exact) mass is 245 g/mol. The maximum Gasteiger partial charge on any atom is 0.335 e. The molecular formula is C15H19NO2. The molecule has 18 heavy (non-hydrogen) atoms. The molecule has 0 saturated carbocycles. The van der Waals surface area contributed by atoms with Crippen molar-refractivity contribution in [1.29, 1.82) is 0 Å². The Hall–Kier alpha value is -1.61. The van der Waals surface area contributed by atoms with Crippen molar-refractivity contribution in [2.75, 3.05) is 6.54 Å². The average molecular weight is 245 g/mol. The smallest absolute Gasteiger partial charge is 0.335 e. The van der Waals surface area contributed by atoms with Gasteiger partial charge in [0.15, 0.2) is 0 Å². The molecular weight excluding hydrogens is 226 g/mol. The maximum atomic E-state index is 10.8. The van der Waals surface area contributed by atoms with Crippen LogP contribution in [0.5, 0.6) is 0 Å². The number of carbonyl (C=O) groups is 1. The molecule has 0 heterocycles. The Morgan fingerprint density at radius 2 is 2.28 bits per heavy atom. The molecule has 0 amide bonds. The highest BCUT2D eigenvalue weighted by molar-refractivity contribution is 5.87. The van der Waals surface area contributed by atoms with Crippen LogP contribution >= 0.6 is 0 Å². The van der Waals surface area contributed by atoms with Crippen LogP contribution in [-0.4, -0.2) is 17.6 Å². The van der Waals surface area contributed by atoms with Crippen molar-refractivity contribution in [2.45, 2.75) is 25.8 Å². The van der Waals surface area contributed by atoms with E-state index in [1.807, 2.05) is 6.07 Å². The van der Waals surface area contributed by atoms with Crippen molar-refractivity contribution in [1.82, 2.24) is 5.32 Å². The Morgan fingerprint density at radius 1 is 1.39 bits per heavy atom. The molecule has 96 valence electrons. The van der Waals surface area contributed by atoms with Gasteiger partial charge in [-0.25, -0.2) is 4.79 Å². The summed E-state index contributed by atoms with van der Waals surface area (Å²) in [4.78, 5) is 10.8. The minimum atomic E-state index is -0.866. The fourth-order valence-electron chi connectivity index (χ4n) is 2.28. The second-order valence-electron chi connectivity index (χ2n) is 4.79. The number of carboxylic acids is 1. The number of rotatable bonds is 5. The van der Waals surface area contributed by atoms with Crippen molar-refractivity contribution < 1.29 is 9.90 Å². The fourth-order valence-corrected chi connectivity index (χ4v) is 2.28. The number of hydrogen-bond acceptors (Lipinski definition) is 2. The molecule has 0 spiro atoms. The molecule has 1 aliphatic carbocycles. The SMILES string of the molecule is O=C(O)c1cccc(CNCC2CC=CCC2)c1.